The molecule has 0 radical (unpaired) electrons. The molecule has 0 fully saturated rings. The molecule has 19 heavy (non-hydrogen) atoms. The fourth-order valence-corrected chi connectivity index (χ4v) is 3.56. The Morgan fingerprint density at radius 1 is 1.16 bits per heavy atom. The van der Waals surface area contributed by atoms with Crippen LogP contribution in [0.4, 0.5) is 0 Å². The molecule has 2 aromatic rings. The summed E-state index contributed by atoms with van der Waals surface area (Å²) in [5.41, 5.74) is 8.57. The summed E-state index contributed by atoms with van der Waals surface area (Å²) in [5, 5.41) is 6.47. The molecular formula is C14H21N3S2. The van der Waals surface area contributed by atoms with Crippen molar-refractivity contribution in [3.63, 3.8) is 0 Å². The van der Waals surface area contributed by atoms with Crippen LogP contribution in [0.2, 0.25) is 0 Å². The lowest BCUT2D eigenvalue weighted by atomic mass is 9.93. The number of nitrogens with zero attached hydrogens (tertiary/aromatic N) is 2. The van der Waals surface area contributed by atoms with Gasteiger partial charge in [-0.3, -0.25) is 0 Å². The molecule has 2 N–H and O–H groups in total. The van der Waals surface area contributed by atoms with E-state index in [0.717, 1.165) is 34.2 Å². The highest BCUT2D eigenvalue weighted by Crippen LogP contribution is 2.24. The number of aromatic nitrogens is 2. The van der Waals surface area contributed by atoms with Crippen LogP contribution < -0.4 is 5.73 Å². The van der Waals surface area contributed by atoms with E-state index in [9.17, 15) is 0 Å². The van der Waals surface area contributed by atoms with E-state index >= 15 is 0 Å². The number of aryl methyl sites for hydroxylation is 1. The maximum absolute atomic E-state index is 6.20. The Balaban J connectivity index is 1.95. The molecule has 0 spiro atoms. The van der Waals surface area contributed by atoms with Gasteiger partial charge in [0.05, 0.1) is 21.4 Å². The van der Waals surface area contributed by atoms with E-state index in [4.69, 9.17) is 5.73 Å². The molecule has 2 heterocycles. The van der Waals surface area contributed by atoms with Crippen molar-refractivity contribution in [3.8, 4) is 0 Å². The maximum Gasteiger partial charge on any atom is 0.0944 e. The predicted molar refractivity (Wildman–Crippen MR) is 83.0 cm³/mol. The van der Waals surface area contributed by atoms with Gasteiger partial charge in [0.1, 0.15) is 0 Å². The maximum atomic E-state index is 6.20. The second-order valence-electron chi connectivity index (χ2n) is 5.90. The fraction of sp³-hybridized carbons (Fsp3) is 0.571. The molecule has 0 saturated carbocycles. The van der Waals surface area contributed by atoms with Crippen molar-refractivity contribution in [2.24, 2.45) is 5.73 Å². The van der Waals surface area contributed by atoms with Gasteiger partial charge < -0.3 is 5.73 Å². The SMILES string of the molecule is Cc1nc(CC(N)Cc2nc(C(C)(C)C)cs2)cs1. The van der Waals surface area contributed by atoms with Crippen molar-refractivity contribution in [1.29, 1.82) is 0 Å². The molecule has 0 aliphatic rings. The molecular weight excluding hydrogens is 274 g/mol. The lowest BCUT2D eigenvalue weighted by Gasteiger charge is -2.14. The average molecular weight is 295 g/mol. The first-order valence-electron chi connectivity index (χ1n) is 6.46. The van der Waals surface area contributed by atoms with Crippen molar-refractivity contribution in [2.45, 2.75) is 52.0 Å². The normalized spacial score (nSPS) is 13.7. The number of rotatable bonds is 4. The summed E-state index contributed by atoms with van der Waals surface area (Å²) >= 11 is 3.39. The Hall–Kier alpha value is -0.780. The Bertz CT molecular complexity index is 537. The summed E-state index contributed by atoms with van der Waals surface area (Å²) in [4.78, 5) is 9.15. The van der Waals surface area contributed by atoms with Crippen LogP contribution in [0.3, 0.4) is 0 Å². The minimum Gasteiger partial charge on any atom is -0.327 e. The highest BCUT2D eigenvalue weighted by Gasteiger charge is 2.18. The minimum atomic E-state index is 0.0977. The standard InChI is InChI=1S/C14H21N3S2/c1-9-16-11(7-18-9)5-10(15)6-13-17-12(8-19-13)14(2,3)4/h7-8,10H,5-6,15H2,1-4H3. The summed E-state index contributed by atoms with van der Waals surface area (Å²) in [6.45, 7) is 8.58. The molecule has 3 nitrogen and oxygen atoms in total. The van der Waals surface area contributed by atoms with Crippen LogP contribution in [0, 0.1) is 6.92 Å². The van der Waals surface area contributed by atoms with E-state index in [0.29, 0.717) is 0 Å². The van der Waals surface area contributed by atoms with Crippen LogP contribution in [-0.4, -0.2) is 16.0 Å². The topological polar surface area (TPSA) is 51.8 Å². The molecule has 0 aliphatic heterocycles. The third kappa shape index (κ3) is 4.09. The number of thiazole rings is 2. The zero-order valence-corrected chi connectivity index (χ0v) is 13.6. The predicted octanol–water partition coefficient (Wildman–Crippen LogP) is 3.32. The quantitative estimate of drug-likeness (QED) is 0.941. The zero-order chi connectivity index (χ0) is 14.0. The van der Waals surface area contributed by atoms with Gasteiger partial charge in [0.2, 0.25) is 0 Å². The molecule has 0 aliphatic carbocycles. The molecule has 2 rings (SSSR count). The lowest BCUT2D eigenvalue weighted by Crippen LogP contribution is -2.25. The van der Waals surface area contributed by atoms with E-state index < -0.39 is 0 Å². The van der Waals surface area contributed by atoms with Gasteiger partial charge in [-0.05, 0) is 6.92 Å². The molecule has 0 amide bonds. The van der Waals surface area contributed by atoms with Gasteiger partial charge in [0.15, 0.2) is 0 Å². The second-order valence-corrected chi connectivity index (χ2v) is 7.91. The van der Waals surface area contributed by atoms with Gasteiger partial charge in [-0.25, -0.2) is 9.97 Å². The van der Waals surface area contributed by atoms with Gasteiger partial charge in [-0.15, -0.1) is 22.7 Å². The molecule has 0 aromatic carbocycles. The van der Waals surface area contributed by atoms with Crippen LogP contribution in [-0.2, 0) is 18.3 Å². The third-order valence-electron chi connectivity index (χ3n) is 2.89. The van der Waals surface area contributed by atoms with Crippen molar-refractivity contribution < 1.29 is 0 Å². The summed E-state index contributed by atoms with van der Waals surface area (Å²) in [6, 6.07) is 0.0977. The van der Waals surface area contributed by atoms with Gasteiger partial charge >= 0.3 is 0 Å². The van der Waals surface area contributed by atoms with Gasteiger partial charge in [-0.1, -0.05) is 20.8 Å². The molecule has 0 bridgehead atoms. The number of nitrogens with two attached hydrogens (primary N) is 1. The molecule has 0 saturated heterocycles. The van der Waals surface area contributed by atoms with E-state index in [2.05, 4.69) is 41.5 Å². The average Bonchev–Trinajstić information content (AvgIpc) is 2.87. The Morgan fingerprint density at radius 2 is 1.89 bits per heavy atom. The molecule has 2 aromatic heterocycles. The fourth-order valence-electron chi connectivity index (χ4n) is 1.82. The van der Waals surface area contributed by atoms with Crippen molar-refractivity contribution in [2.75, 3.05) is 0 Å². The lowest BCUT2D eigenvalue weighted by molar-refractivity contribution is 0.567. The molecule has 5 heteroatoms. The van der Waals surface area contributed by atoms with Crippen molar-refractivity contribution in [1.82, 2.24) is 9.97 Å². The third-order valence-corrected chi connectivity index (χ3v) is 4.59. The highest BCUT2D eigenvalue weighted by molar-refractivity contribution is 7.09. The molecule has 1 unspecified atom stereocenters. The summed E-state index contributed by atoms with van der Waals surface area (Å²) in [6.07, 6.45) is 1.66. The van der Waals surface area contributed by atoms with Crippen LogP contribution in [0.5, 0.6) is 0 Å². The van der Waals surface area contributed by atoms with Crippen LogP contribution in [0.15, 0.2) is 10.8 Å². The first-order valence-corrected chi connectivity index (χ1v) is 8.22. The summed E-state index contributed by atoms with van der Waals surface area (Å²) < 4.78 is 0. The summed E-state index contributed by atoms with van der Waals surface area (Å²) in [7, 11) is 0. The Kier molecular flexibility index (Phi) is 4.38. The smallest absolute Gasteiger partial charge is 0.0944 e. The van der Waals surface area contributed by atoms with Crippen LogP contribution in [0.1, 0.15) is 42.2 Å². The van der Waals surface area contributed by atoms with Crippen molar-refractivity contribution in [3.05, 3.63) is 32.2 Å². The van der Waals surface area contributed by atoms with Crippen LogP contribution >= 0.6 is 22.7 Å². The van der Waals surface area contributed by atoms with E-state index in [1.54, 1.807) is 22.7 Å². The van der Waals surface area contributed by atoms with Crippen molar-refractivity contribution >= 4 is 22.7 Å². The first-order chi connectivity index (χ1) is 8.84. The Labute approximate surface area is 122 Å². The zero-order valence-electron chi connectivity index (χ0n) is 11.9. The van der Waals surface area contributed by atoms with Gasteiger partial charge in [-0.2, -0.15) is 0 Å². The van der Waals surface area contributed by atoms with Gasteiger partial charge in [0, 0.05) is 35.1 Å². The highest BCUT2D eigenvalue weighted by atomic mass is 32.1. The van der Waals surface area contributed by atoms with E-state index in [1.807, 2.05) is 6.92 Å². The van der Waals surface area contributed by atoms with Crippen LogP contribution in [0.25, 0.3) is 0 Å². The summed E-state index contributed by atoms with van der Waals surface area (Å²) in [5.74, 6) is 0. The first kappa shape index (κ1) is 14.6. The Morgan fingerprint density at radius 3 is 2.42 bits per heavy atom. The molecule has 104 valence electrons. The number of hydrogen-bond acceptors (Lipinski definition) is 5. The monoisotopic (exact) mass is 295 g/mol. The number of hydrogen-bond donors (Lipinski definition) is 1. The van der Waals surface area contributed by atoms with Gasteiger partial charge in [0.25, 0.3) is 0 Å². The minimum absolute atomic E-state index is 0.0977. The van der Waals surface area contributed by atoms with E-state index in [-0.39, 0.29) is 11.5 Å². The largest absolute Gasteiger partial charge is 0.327 e. The molecule has 1 atom stereocenters. The van der Waals surface area contributed by atoms with E-state index in [1.165, 1.54) is 0 Å². The second kappa shape index (κ2) is 5.69.